The van der Waals surface area contributed by atoms with Crippen LogP contribution in [-0.4, -0.2) is 96.7 Å². The molecule has 0 aliphatic carbocycles. The number of carbonyl (C=O) groups is 4. The number of hydrogen-bond acceptors (Lipinski definition) is 15. The molecule has 0 radical (unpaired) electrons. The molecule has 0 aliphatic rings. The van der Waals surface area contributed by atoms with E-state index in [1.807, 2.05) is 0 Å². The number of hydrogen-bond donors (Lipinski definition) is 3. The molecule has 17 nitrogen and oxygen atoms in total. The maximum Gasteiger partial charge on any atom is 0.472 e. The Labute approximate surface area is 613 Å². The van der Waals surface area contributed by atoms with Crippen molar-refractivity contribution in [2.75, 3.05) is 39.6 Å². The summed E-state index contributed by atoms with van der Waals surface area (Å²) in [4.78, 5) is 72.7. The zero-order chi connectivity index (χ0) is 73.5. The fourth-order valence-electron chi connectivity index (χ4n) is 12.5. The molecule has 3 N–H and O–H groups in total. The summed E-state index contributed by atoms with van der Waals surface area (Å²) >= 11 is 0. The molecule has 0 saturated carbocycles. The van der Waals surface area contributed by atoms with Crippen molar-refractivity contribution in [3.8, 4) is 0 Å². The van der Waals surface area contributed by atoms with Gasteiger partial charge in [0, 0.05) is 25.7 Å². The van der Waals surface area contributed by atoms with Crippen LogP contribution in [0.5, 0.6) is 0 Å². The van der Waals surface area contributed by atoms with Crippen molar-refractivity contribution in [2.24, 2.45) is 11.8 Å². The van der Waals surface area contributed by atoms with Gasteiger partial charge in [0.1, 0.15) is 19.3 Å². The highest BCUT2D eigenvalue weighted by Gasteiger charge is 2.30. The van der Waals surface area contributed by atoms with Gasteiger partial charge in [-0.25, -0.2) is 9.13 Å². The Morgan fingerprint density at radius 1 is 0.290 bits per heavy atom. The molecule has 0 aromatic carbocycles. The molecule has 0 rings (SSSR count). The van der Waals surface area contributed by atoms with Gasteiger partial charge >= 0.3 is 39.5 Å². The van der Waals surface area contributed by atoms with Gasteiger partial charge in [0.25, 0.3) is 0 Å². The van der Waals surface area contributed by atoms with Crippen molar-refractivity contribution in [1.29, 1.82) is 0 Å². The van der Waals surface area contributed by atoms with E-state index in [-0.39, 0.29) is 25.7 Å². The van der Waals surface area contributed by atoms with Crippen LogP contribution in [0.1, 0.15) is 427 Å². The summed E-state index contributed by atoms with van der Waals surface area (Å²) in [7, 11) is -9.91. The summed E-state index contributed by atoms with van der Waals surface area (Å²) < 4.78 is 68.5. The Balaban J connectivity index is 5.12. The number of phosphoric ester groups is 2. The van der Waals surface area contributed by atoms with Crippen LogP contribution in [0.15, 0.2) is 0 Å². The minimum absolute atomic E-state index is 0.108. The van der Waals surface area contributed by atoms with Crippen LogP contribution in [0.4, 0.5) is 0 Å². The molecule has 0 fully saturated rings. The lowest BCUT2D eigenvalue weighted by molar-refractivity contribution is -0.161. The second-order valence-corrected chi connectivity index (χ2v) is 32.8. The van der Waals surface area contributed by atoms with E-state index in [1.165, 1.54) is 238 Å². The second kappa shape index (κ2) is 72.6. The van der Waals surface area contributed by atoms with Crippen LogP contribution in [0, 0.1) is 11.8 Å². The fourth-order valence-corrected chi connectivity index (χ4v) is 14.1. The highest BCUT2D eigenvalue weighted by molar-refractivity contribution is 7.47. The van der Waals surface area contributed by atoms with E-state index in [0.29, 0.717) is 25.7 Å². The zero-order valence-corrected chi connectivity index (χ0v) is 67.3. The summed E-state index contributed by atoms with van der Waals surface area (Å²) in [6.07, 6.45) is 62.8. The number of ether oxygens (including phenoxy) is 4. The van der Waals surface area contributed by atoms with Crippen LogP contribution in [0.2, 0.25) is 0 Å². The van der Waals surface area contributed by atoms with E-state index in [4.69, 9.17) is 37.0 Å². The Morgan fingerprint density at radius 3 is 0.760 bits per heavy atom. The predicted molar refractivity (Wildman–Crippen MR) is 409 cm³/mol. The van der Waals surface area contributed by atoms with E-state index in [1.54, 1.807) is 0 Å². The molecule has 19 heteroatoms. The van der Waals surface area contributed by atoms with E-state index in [0.717, 1.165) is 108 Å². The molecule has 0 aromatic rings. The highest BCUT2D eigenvalue weighted by Crippen LogP contribution is 2.45. The number of unbranched alkanes of at least 4 members (excludes halogenated alkanes) is 49. The van der Waals surface area contributed by atoms with Crippen LogP contribution < -0.4 is 0 Å². The number of carbonyl (C=O) groups excluding carboxylic acids is 4. The van der Waals surface area contributed by atoms with Crippen molar-refractivity contribution < 1.29 is 80.2 Å². The van der Waals surface area contributed by atoms with Crippen LogP contribution in [0.25, 0.3) is 0 Å². The molecule has 0 spiro atoms. The Kier molecular flexibility index (Phi) is 71.2. The first kappa shape index (κ1) is 98.1. The first-order valence-electron chi connectivity index (χ1n) is 42.0. The predicted octanol–water partition coefficient (Wildman–Crippen LogP) is 24.3. The van der Waals surface area contributed by atoms with Gasteiger partial charge in [0.2, 0.25) is 0 Å². The topological polar surface area (TPSA) is 237 Å². The van der Waals surface area contributed by atoms with E-state index in [2.05, 4.69) is 41.5 Å². The maximum atomic E-state index is 13.1. The average Bonchev–Trinajstić information content (AvgIpc) is 0.951. The molecular weight excluding hydrogens is 1310 g/mol. The smallest absolute Gasteiger partial charge is 0.462 e. The quantitative estimate of drug-likeness (QED) is 0.0222. The number of aliphatic hydroxyl groups is 1. The standard InChI is InChI=1S/C81H158O17P2/c1-7-10-12-14-15-16-17-18-19-25-32-37-42-47-53-59-65-80(85)97-76(69-91-78(83)63-57-49-13-11-8-2)71-95-99(87,88)93-67-75(82)68-94-100(89,90)96-72-77(70-92-79(84)64-58-52-46-41-36-31-28-27-30-35-40-45-51-56-62-74(6)9-3)98-81(86)66-60-54-48-43-38-33-26-23-21-20-22-24-29-34-39-44-50-55-61-73(4)5/h73-77,82H,7-72H2,1-6H3,(H,87,88)(H,89,90)/t74?,75-,76+,77+/m0/s1. The Hall–Kier alpha value is -1.94. The fraction of sp³-hybridized carbons (Fsp3) is 0.951. The Bertz CT molecular complexity index is 1930. The van der Waals surface area contributed by atoms with Crippen molar-refractivity contribution in [3.63, 3.8) is 0 Å². The molecule has 0 heterocycles. The lowest BCUT2D eigenvalue weighted by Crippen LogP contribution is -2.30. The molecule has 0 aromatic heterocycles. The largest absolute Gasteiger partial charge is 0.472 e. The van der Waals surface area contributed by atoms with Gasteiger partial charge in [-0.15, -0.1) is 0 Å². The zero-order valence-electron chi connectivity index (χ0n) is 65.5. The van der Waals surface area contributed by atoms with Crippen molar-refractivity contribution in [2.45, 2.75) is 445 Å². The summed E-state index contributed by atoms with van der Waals surface area (Å²) in [5, 5.41) is 10.6. The van der Waals surface area contributed by atoms with Crippen molar-refractivity contribution in [3.05, 3.63) is 0 Å². The lowest BCUT2D eigenvalue weighted by Gasteiger charge is -2.21. The van der Waals surface area contributed by atoms with Crippen LogP contribution >= 0.6 is 15.6 Å². The summed E-state index contributed by atoms with van der Waals surface area (Å²) in [6, 6.07) is 0. The minimum Gasteiger partial charge on any atom is -0.462 e. The van der Waals surface area contributed by atoms with Gasteiger partial charge in [0.05, 0.1) is 26.4 Å². The summed E-state index contributed by atoms with van der Waals surface area (Å²) in [6.45, 7) is 9.64. The maximum absolute atomic E-state index is 13.1. The van der Waals surface area contributed by atoms with E-state index >= 15 is 0 Å². The third-order valence-corrected chi connectivity index (χ3v) is 21.2. The molecule has 0 aliphatic heterocycles. The molecule has 100 heavy (non-hydrogen) atoms. The van der Waals surface area contributed by atoms with Crippen molar-refractivity contribution >= 4 is 39.5 Å². The molecule has 0 bridgehead atoms. The van der Waals surface area contributed by atoms with E-state index < -0.39 is 97.5 Å². The monoisotopic (exact) mass is 1470 g/mol. The molecule has 3 unspecified atom stereocenters. The number of esters is 4. The highest BCUT2D eigenvalue weighted by atomic mass is 31.2. The van der Waals surface area contributed by atoms with Gasteiger partial charge in [-0.3, -0.25) is 37.3 Å². The third kappa shape index (κ3) is 73.0. The van der Waals surface area contributed by atoms with Crippen LogP contribution in [-0.2, 0) is 65.4 Å². The molecular formula is C81H158O17P2. The summed E-state index contributed by atoms with van der Waals surface area (Å²) in [5.74, 6) is -0.449. The third-order valence-electron chi connectivity index (χ3n) is 19.3. The molecule has 0 saturated heterocycles. The molecule has 0 amide bonds. The number of phosphoric acid groups is 2. The Morgan fingerprint density at radius 2 is 0.510 bits per heavy atom. The molecule has 6 atom stereocenters. The lowest BCUT2D eigenvalue weighted by atomic mass is 9.99. The number of rotatable bonds is 80. The number of aliphatic hydroxyl groups excluding tert-OH is 1. The first-order chi connectivity index (χ1) is 48.4. The van der Waals surface area contributed by atoms with Crippen molar-refractivity contribution in [1.82, 2.24) is 0 Å². The van der Waals surface area contributed by atoms with Gasteiger partial charge in [-0.05, 0) is 37.5 Å². The normalized spacial score (nSPS) is 14.2. The van der Waals surface area contributed by atoms with Gasteiger partial charge in [-0.1, -0.05) is 375 Å². The van der Waals surface area contributed by atoms with E-state index in [9.17, 15) is 43.2 Å². The SMILES string of the molecule is CCCCCCCCCCCCCCCCCCC(=O)O[C@H](COC(=O)CCCCCCC)COP(=O)(O)OC[C@H](O)COP(=O)(O)OC[C@@H](COC(=O)CCCCCCCCCCCCCCCCC(C)CC)OC(=O)CCCCCCCCCCCCCCCCCCCCC(C)C. The minimum atomic E-state index is -4.96. The second-order valence-electron chi connectivity index (χ2n) is 29.9. The van der Waals surface area contributed by atoms with Gasteiger partial charge in [0.15, 0.2) is 12.2 Å². The average molecular weight is 1470 g/mol. The van der Waals surface area contributed by atoms with Gasteiger partial charge < -0.3 is 33.8 Å². The molecule has 594 valence electrons. The first-order valence-corrected chi connectivity index (χ1v) is 45.0. The van der Waals surface area contributed by atoms with Crippen LogP contribution in [0.3, 0.4) is 0 Å². The summed E-state index contributed by atoms with van der Waals surface area (Å²) in [5.41, 5.74) is 0. The van der Waals surface area contributed by atoms with Gasteiger partial charge in [-0.2, -0.15) is 0 Å².